The highest BCUT2D eigenvalue weighted by atomic mass is 35.5. The van der Waals surface area contributed by atoms with Crippen LogP contribution in [-0.2, 0) is 0 Å². The van der Waals surface area contributed by atoms with Crippen LogP contribution in [0.15, 0.2) is 97.1 Å². The number of hydrogen-bond donors (Lipinski definition) is 0. The first-order valence-electron chi connectivity index (χ1n) is 11.8. The number of nitrogens with zero attached hydrogens (tertiary/aromatic N) is 4. The van der Waals surface area contributed by atoms with Gasteiger partial charge in [0.1, 0.15) is 0 Å². The van der Waals surface area contributed by atoms with Gasteiger partial charge in [-0.25, -0.2) is 19.9 Å². The summed E-state index contributed by atoms with van der Waals surface area (Å²) in [5.74, 6) is -0.138. The van der Waals surface area contributed by atoms with Crippen LogP contribution in [0.25, 0.3) is 22.1 Å². The van der Waals surface area contributed by atoms with Gasteiger partial charge in [-0.2, -0.15) is 0 Å². The number of fused-ring (bicyclic) bond motifs is 2. The molecule has 0 aliphatic heterocycles. The minimum absolute atomic E-state index is 0.0691. The maximum atomic E-state index is 12.3. The van der Waals surface area contributed by atoms with E-state index in [1.807, 2.05) is 36.4 Å². The van der Waals surface area contributed by atoms with Crippen LogP contribution in [0.4, 0.5) is 0 Å². The lowest BCUT2D eigenvalue weighted by Gasteiger charge is -2.04. The monoisotopic (exact) mass is 604 g/mol. The maximum Gasteiger partial charge on any atom is 0.193 e. The molecule has 0 atom stereocenters. The molecule has 0 unspecified atom stereocenters. The topological polar surface area (TPSA) is 85.7 Å². The van der Waals surface area contributed by atoms with Crippen LogP contribution >= 0.6 is 46.4 Å². The molecular formula is C30H16Cl4N4O2. The Labute approximate surface area is 248 Å². The van der Waals surface area contributed by atoms with Crippen molar-refractivity contribution in [2.24, 2.45) is 0 Å². The van der Waals surface area contributed by atoms with E-state index in [9.17, 15) is 9.59 Å². The van der Waals surface area contributed by atoms with Crippen LogP contribution in [0.5, 0.6) is 0 Å². The largest absolute Gasteiger partial charge is 0.289 e. The summed E-state index contributed by atoms with van der Waals surface area (Å²) in [5.41, 5.74) is 4.61. The Morgan fingerprint density at radius 3 is 1.07 bits per heavy atom. The van der Waals surface area contributed by atoms with Crippen LogP contribution in [0, 0.1) is 0 Å². The van der Waals surface area contributed by atoms with Gasteiger partial charge in [0.25, 0.3) is 0 Å². The second-order valence-electron chi connectivity index (χ2n) is 8.41. The van der Waals surface area contributed by atoms with Gasteiger partial charge in [0.2, 0.25) is 0 Å². The predicted octanol–water partition coefficient (Wildman–Crippen LogP) is 8.34. The minimum atomic E-state index is -0.0691. The minimum Gasteiger partial charge on any atom is -0.289 e. The van der Waals surface area contributed by atoms with E-state index >= 15 is 0 Å². The van der Waals surface area contributed by atoms with E-state index in [4.69, 9.17) is 46.4 Å². The van der Waals surface area contributed by atoms with Crippen molar-refractivity contribution < 1.29 is 9.59 Å². The number of rotatable bonds is 4. The Hall–Kier alpha value is -3.94. The summed E-state index contributed by atoms with van der Waals surface area (Å²) in [6, 6.07) is 28.3. The van der Waals surface area contributed by atoms with Gasteiger partial charge in [-0.15, -0.1) is 0 Å². The molecule has 0 saturated heterocycles. The molecule has 0 saturated carbocycles. The fourth-order valence-electron chi connectivity index (χ4n) is 3.82. The first kappa shape index (κ1) is 27.6. The summed E-state index contributed by atoms with van der Waals surface area (Å²) in [6.07, 6.45) is 0. The molecule has 10 heteroatoms. The highest BCUT2D eigenvalue weighted by Crippen LogP contribution is 2.24. The number of benzene rings is 4. The molecule has 0 N–H and O–H groups in total. The zero-order valence-corrected chi connectivity index (χ0v) is 23.4. The molecule has 40 heavy (non-hydrogen) atoms. The van der Waals surface area contributed by atoms with Crippen molar-refractivity contribution in [1.82, 2.24) is 19.9 Å². The highest BCUT2D eigenvalue weighted by molar-refractivity contribution is 6.41. The quantitative estimate of drug-likeness (QED) is 0.188. The normalized spacial score (nSPS) is 10.7. The van der Waals surface area contributed by atoms with Crippen LogP contribution < -0.4 is 0 Å². The Balaban J connectivity index is 0.000000161. The van der Waals surface area contributed by atoms with E-state index in [0.29, 0.717) is 44.3 Å². The zero-order valence-electron chi connectivity index (χ0n) is 20.4. The predicted molar refractivity (Wildman–Crippen MR) is 159 cm³/mol. The zero-order chi connectivity index (χ0) is 28.2. The van der Waals surface area contributed by atoms with Crippen molar-refractivity contribution in [1.29, 1.82) is 0 Å². The molecule has 0 amide bonds. The number of aromatic nitrogens is 4. The Morgan fingerprint density at radius 1 is 0.400 bits per heavy atom. The molecule has 6 aromatic rings. The van der Waals surface area contributed by atoms with Gasteiger partial charge < -0.3 is 0 Å². The number of hydrogen-bond acceptors (Lipinski definition) is 6. The van der Waals surface area contributed by atoms with Gasteiger partial charge >= 0.3 is 0 Å². The van der Waals surface area contributed by atoms with Crippen molar-refractivity contribution in [3.8, 4) is 0 Å². The summed E-state index contributed by atoms with van der Waals surface area (Å²) < 4.78 is 0. The molecule has 0 radical (unpaired) electrons. The van der Waals surface area contributed by atoms with Gasteiger partial charge in [-0.3, -0.25) is 9.59 Å². The molecule has 0 aliphatic rings. The molecule has 6 nitrogen and oxygen atoms in total. The fraction of sp³-hybridized carbons (Fsp3) is 0. The van der Waals surface area contributed by atoms with Gasteiger partial charge in [-0.1, -0.05) is 107 Å². The van der Waals surface area contributed by atoms with Gasteiger partial charge in [0.15, 0.2) is 32.2 Å². The maximum absolute atomic E-state index is 12.3. The third-order valence-corrected chi connectivity index (χ3v) is 7.01. The number of ketones is 2. The van der Waals surface area contributed by atoms with E-state index in [1.165, 1.54) is 0 Å². The van der Waals surface area contributed by atoms with Crippen molar-refractivity contribution in [2.75, 3.05) is 0 Å². The molecule has 0 fully saturated rings. The van der Waals surface area contributed by atoms with E-state index < -0.39 is 0 Å². The number of carbonyl (C=O) groups is 2. The van der Waals surface area contributed by atoms with Gasteiger partial charge in [0.05, 0.1) is 22.1 Å². The molecule has 196 valence electrons. The average molecular weight is 606 g/mol. The Kier molecular flexibility index (Phi) is 8.33. The average Bonchev–Trinajstić information content (AvgIpc) is 2.98. The summed E-state index contributed by atoms with van der Waals surface area (Å²) in [7, 11) is 0. The molecule has 0 bridgehead atoms. The first-order valence-corrected chi connectivity index (χ1v) is 13.3. The summed E-state index contributed by atoms with van der Waals surface area (Å²) >= 11 is 23.3. The third kappa shape index (κ3) is 6.11. The van der Waals surface area contributed by atoms with Crippen LogP contribution in [0.3, 0.4) is 0 Å². The van der Waals surface area contributed by atoms with Gasteiger partial charge in [0, 0.05) is 22.3 Å². The van der Waals surface area contributed by atoms with E-state index in [0.717, 1.165) is 0 Å². The molecule has 0 spiro atoms. The lowest BCUT2D eigenvalue weighted by molar-refractivity contribution is 0.103. The van der Waals surface area contributed by atoms with Crippen LogP contribution in [0.2, 0.25) is 20.6 Å². The van der Waals surface area contributed by atoms with E-state index in [-0.39, 0.29) is 32.2 Å². The lowest BCUT2D eigenvalue weighted by Crippen LogP contribution is -2.01. The summed E-state index contributed by atoms with van der Waals surface area (Å²) in [6.45, 7) is 0. The smallest absolute Gasteiger partial charge is 0.193 e. The third-order valence-electron chi connectivity index (χ3n) is 5.76. The molecular weight excluding hydrogens is 590 g/mol. The van der Waals surface area contributed by atoms with Crippen molar-refractivity contribution in [2.45, 2.75) is 0 Å². The molecule has 2 heterocycles. The fourth-order valence-corrected chi connectivity index (χ4v) is 4.35. The van der Waals surface area contributed by atoms with Crippen molar-refractivity contribution in [3.63, 3.8) is 0 Å². The molecule has 2 aromatic heterocycles. The van der Waals surface area contributed by atoms with Crippen molar-refractivity contribution >= 4 is 80.0 Å². The summed E-state index contributed by atoms with van der Waals surface area (Å²) in [4.78, 5) is 41.1. The SMILES string of the molecule is O=C(c1ccccc1)c1ccc2nc(Cl)c(Cl)nc2c1.O=C(c1ccccc1)c1ccc2nc(Cl)c(Cl)nc2c1. The second kappa shape index (κ2) is 12.1. The highest BCUT2D eigenvalue weighted by Gasteiger charge is 2.13. The van der Waals surface area contributed by atoms with Crippen LogP contribution in [0.1, 0.15) is 31.8 Å². The van der Waals surface area contributed by atoms with Crippen LogP contribution in [-0.4, -0.2) is 31.5 Å². The number of carbonyl (C=O) groups excluding carboxylic acids is 2. The molecule has 4 aromatic carbocycles. The lowest BCUT2D eigenvalue weighted by atomic mass is 10.0. The Morgan fingerprint density at radius 2 is 0.725 bits per heavy atom. The van der Waals surface area contributed by atoms with E-state index in [2.05, 4.69) is 19.9 Å². The van der Waals surface area contributed by atoms with Gasteiger partial charge in [-0.05, 0) is 36.4 Å². The molecule has 0 aliphatic carbocycles. The van der Waals surface area contributed by atoms with Crippen molar-refractivity contribution in [3.05, 3.63) is 140 Å². The first-order chi connectivity index (χ1) is 19.3. The second-order valence-corrected chi connectivity index (χ2v) is 9.84. The standard InChI is InChI=1S/2C15H8Cl2N2O/c2*16-14-15(17)19-12-8-10(6-7-11(12)18-14)13(20)9-4-2-1-3-5-9/h2*1-8H. The van der Waals surface area contributed by atoms with E-state index in [1.54, 1.807) is 60.7 Å². The Bertz CT molecular complexity index is 1750. The summed E-state index contributed by atoms with van der Waals surface area (Å²) in [5, 5.41) is 0.564. The number of halogens is 4. The molecule has 6 rings (SSSR count).